The Balaban J connectivity index is 2.15. The van der Waals surface area contributed by atoms with Gasteiger partial charge in [0.15, 0.2) is 0 Å². The number of aromatic nitrogens is 1. The number of carbonyl (C=O) groups excluding carboxylic acids is 2. The minimum Gasteiger partial charge on any atom is -0.383 e. The summed E-state index contributed by atoms with van der Waals surface area (Å²) in [5.74, 6) is -0.270. The Morgan fingerprint density at radius 1 is 1.03 bits per heavy atom. The molecule has 1 aromatic carbocycles. The van der Waals surface area contributed by atoms with Gasteiger partial charge >= 0.3 is 0 Å². The molecular formula is C24H35N3O3. The van der Waals surface area contributed by atoms with E-state index >= 15 is 0 Å². The van der Waals surface area contributed by atoms with Crippen LogP contribution in [0.5, 0.6) is 0 Å². The highest BCUT2D eigenvalue weighted by Crippen LogP contribution is 2.22. The van der Waals surface area contributed by atoms with Gasteiger partial charge in [0, 0.05) is 39.1 Å². The van der Waals surface area contributed by atoms with Crippen LogP contribution in [-0.2, 0) is 27.9 Å². The molecule has 0 unspecified atom stereocenters. The van der Waals surface area contributed by atoms with Gasteiger partial charge in [0.2, 0.25) is 11.8 Å². The van der Waals surface area contributed by atoms with Gasteiger partial charge in [-0.3, -0.25) is 9.59 Å². The molecule has 0 spiro atoms. The van der Waals surface area contributed by atoms with Gasteiger partial charge in [-0.2, -0.15) is 0 Å². The second-order valence-electron chi connectivity index (χ2n) is 7.55. The maximum Gasteiger partial charge on any atom is 0.242 e. The van der Waals surface area contributed by atoms with Crippen LogP contribution in [0.2, 0.25) is 0 Å². The van der Waals surface area contributed by atoms with Gasteiger partial charge in [-0.05, 0) is 30.5 Å². The van der Waals surface area contributed by atoms with Crippen LogP contribution < -0.4 is 0 Å². The van der Waals surface area contributed by atoms with Gasteiger partial charge in [0.1, 0.15) is 0 Å². The van der Waals surface area contributed by atoms with Gasteiger partial charge in [-0.1, -0.05) is 44.2 Å². The molecule has 1 atom stereocenters. The quantitative estimate of drug-likeness (QED) is 0.536. The lowest BCUT2D eigenvalue weighted by molar-refractivity contribution is -0.142. The van der Waals surface area contributed by atoms with E-state index in [9.17, 15) is 9.59 Å². The van der Waals surface area contributed by atoms with Crippen molar-refractivity contribution in [2.45, 2.75) is 39.2 Å². The standard InChI is InChI=1S/C24H35N3O3/c1-5-14-27(24(29)22(6-2)20-11-8-7-9-12-20)19-23(28)26(16-17-30-4)18-21-13-10-15-25(21)3/h7-13,15,22H,5-6,14,16-19H2,1-4H3/t22-/m0/s1. The van der Waals surface area contributed by atoms with Crippen LogP contribution in [0.4, 0.5) is 0 Å². The van der Waals surface area contributed by atoms with Gasteiger partial charge in [0.25, 0.3) is 0 Å². The first-order valence-electron chi connectivity index (χ1n) is 10.7. The molecule has 0 saturated carbocycles. The summed E-state index contributed by atoms with van der Waals surface area (Å²) in [4.78, 5) is 30.0. The molecule has 0 N–H and O–H groups in total. The van der Waals surface area contributed by atoms with E-state index < -0.39 is 0 Å². The third kappa shape index (κ3) is 6.46. The van der Waals surface area contributed by atoms with Gasteiger partial charge in [0.05, 0.1) is 25.6 Å². The summed E-state index contributed by atoms with van der Waals surface area (Å²) in [6.07, 6.45) is 3.47. The first kappa shape index (κ1) is 23.7. The van der Waals surface area contributed by atoms with Crippen LogP contribution in [0, 0.1) is 0 Å². The monoisotopic (exact) mass is 413 g/mol. The van der Waals surface area contributed by atoms with E-state index in [0.717, 1.165) is 17.7 Å². The van der Waals surface area contributed by atoms with Crippen molar-refractivity contribution in [3.05, 3.63) is 59.9 Å². The van der Waals surface area contributed by atoms with Crippen molar-refractivity contribution in [1.29, 1.82) is 0 Å². The number of amides is 2. The predicted octanol–water partition coefficient (Wildman–Crippen LogP) is 3.43. The van der Waals surface area contributed by atoms with E-state index in [0.29, 0.717) is 32.7 Å². The Bertz CT molecular complexity index is 788. The first-order valence-corrected chi connectivity index (χ1v) is 10.7. The first-order chi connectivity index (χ1) is 14.5. The van der Waals surface area contributed by atoms with E-state index in [1.165, 1.54) is 0 Å². The van der Waals surface area contributed by atoms with Crippen molar-refractivity contribution in [3.8, 4) is 0 Å². The van der Waals surface area contributed by atoms with E-state index in [-0.39, 0.29) is 24.3 Å². The summed E-state index contributed by atoms with van der Waals surface area (Å²) >= 11 is 0. The lowest BCUT2D eigenvalue weighted by Gasteiger charge is -2.30. The van der Waals surface area contributed by atoms with Gasteiger partial charge in [-0.15, -0.1) is 0 Å². The average molecular weight is 414 g/mol. The van der Waals surface area contributed by atoms with Crippen LogP contribution in [-0.4, -0.2) is 59.5 Å². The fraction of sp³-hybridized carbons (Fsp3) is 0.500. The smallest absolute Gasteiger partial charge is 0.242 e. The molecule has 6 heteroatoms. The number of nitrogens with zero attached hydrogens (tertiary/aromatic N) is 3. The second kappa shape index (κ2) is 12.2. The maximum atomic E-state index is 13.3. The zero-order valence-corrected chi connectivity index (χ0v) is 18.7. The van der Waals surface area contributed by atoms with Crippen LogP contribution in [0.1, 0.15) is 43.9 Å². The summed E-state index contributed by atoms with van der Waals surface area (Å²) in [6, 6.07) is 13.8. The van der Waals surface area contributed by atoms with Crippen molar-refractivity contribution in [2.24, 2.45) is 7.05 Å². The minimum atomic E-state index is -0.231. The highest BCUT2D eigenvalue weighted by molar-refractivity contribution is 5.88. The lowest BCUT2D eigenvalue weighted by atomic mass is 9.95. The minimum absolute atomic E-state index is 0.0180. The Kier molecular flexibility index (Phi) is 9.61. The Hall–Kier alpha value is -2.60. The molecule has 30 heavy (non-hydrogen) atoms. The Morgan fingerprint density at radius 2 is 1.77 bits per heavy atom. The maximum absolute atomic E-state index is 13.3. The summed E-state index contributed by atoms with van der Waals surface area (Å²) < 4.78 is 7.21. The topological polar surface area (TPSA) is 54.8 Å². The fourth-order valence-corrected chi connectivity index (χ4v) is 3.61. The third-order valence-corrected chi connectivity index (χ3v) is 5.36. The van der Waals surface area contributed by atoms with Crippen molar-refractivity contribution in [2.75, 3.05) is 33.4 Å². The van der Waals surface area contributed by atoms with Crippen molar-refractivity contribution >= 4 is 11.8 Å². The molecular weight excluding hydrogens is 378 g/mol. The number of hydrogen-bond acceptors (Lipinski definition) is 3. The molecule has 0 aliphatic heterocycles. The van der Waals surface area contributed by atoms with Crippen LogP contribution >= 0.6 is 0 Å². The normalized spacial score (nSPS) is 11.9. The van der Waals surface area contributed by atoms with Crippen LogP contribution in [0.25, 0.3) is 0 Å². The van der Waals surface area contributed by atoms with E-state index in [1.807, 2.05) is 74.1 Å². The molecule has 0 saturated heterocycles. The van der Waals surface area contributed by atoms with E-state index in [4.69, 9.17) is 4.74 Å². The van der Waals surface area contributed by atoms with Crippen molar-refractivity contribution < 1.29 is 14.3 Å². The molecule has 6 nitrogen and oxygen atoms in total. The fourth-order valence-electron chi connectivity index (χ4n) is 3.61. The molecule has 2 rings (SSSR count). The molecule has 0 fully saturated rings. The van der Waals surface area contributed by atoms with Crippen molar-refractivity contribution in [1.82, 2.24) is 14.4 Å². The van der Waals surface area contributed by atoms with Crippen LogP contribution in [0.3, 0.4) is 0 Å². The summed E-state index contributed by atoms with van der Waals surface area (Å²) in [7, 11) is 3.59. The van der Waals surface area contributed by atoms with E-state index in [1.54, 1.807) is 16.9 Å². The molecule has 0 aliphatic rings. The lowest BCUT2D eigenvalue weighted by Crippen LogP contribution is -2.45. The number of benzene rings is 1. The van der Waals surface area contributed by atoms with Crippen LogP contribution in [0.15, 0.2) is 48.7 Å². The van der Waals surface area contributed by atoms with E-state index in [2.05, 4.69) is 0 Å². The highest BCUT2D eigenvalue weighted by Gasteiger charge is 2.27. The number of aryl methyl sites for hydroxylation is 1. The van der Waals surface area contributed by atoms with Crippen molar-refractivity contribution in [3.63, 3.8) is 0 Å². The van der Waals surface area contributed by atoms with Gasteiger partial charge < -0.3 is 19.1 Å². The largest absolute Gasteiger partial charge is 0.383 e. The number of hydrogen-bond donors (Lipinski definition) is 0. The number of methoxy groups -OCH3 is 1. The SMILES string of the molecule is CCCN(CC(=O)N(CCOC)Cc1cccn1C)C(=O)[C@@H](CC)c1ccccc1. The predicted molar refractivity (Wildman–Crippen MR) is 119 cm³/mol. The molecule has 2 amide bonds. The number of rotatable bonds is 12. The highest BCUT2D eigenvalue weighted by atomic mass is 16.5. The number of carbonyl (C=O) groups is 2. The zero-order valence-electron chi connectivity index (χ0n) is 18.7. The second-order valence-corrected chi connectivity index (χ2v) is 7.55. The molecule has 0 radical (unpaired) electrons. The summed E-state index contributed by atoms with van der Waals surface area (Å²) in [6.45, 7) is 6.14. The molecule has 164 valence electrons. The zero-order chi connectivity index (χ0) is 21.9. The molecule has 0 aliphatic carbocycles. The number of ether oxygens (including phenoxy) is 1. The molecule has 1 heterocycles. The third-order valence-electron chi connectivity index (χ3n) is 5.36. The summed E-state index contributed by atoms with van der Waals surface area (Å²) in [5, 5.41) is 0. The summed E-state index contributed by atoms with van der Waals surface area (Å²) in [5.41, 5.74) is 2.04. The van der Waals surface area contributed by atoms with Gasteiger partial charge in [-0.25, -0.2) is 0 Å². The molecule has 1 aromatic heterocycles. The Labute approximate surface area is 180 Å². The molecule has 2 aromatic rings. The average Bonchev–Trinajstić information content (AvgIpc) is 3.16. The Morgan fingerprint density at radius 3 is 2.33 bits per heavy atom. The molecule has 0 bridgehead atoms.